The summed E-state index contributed by atoms with van der Waals surface area (Å²) in [6, 6.07) is 9.41. The first-order valence-corrected chi connectivity index (χ1v) is 8.54. The highest BCUT2D eigenvalue weighted by atomic mass is 32.1. The Labute approximate surface area is 139 Å². The normalized spacial score (nSPS) is 17.0. The molecule has 1 aromatic carbocycles. The maximum atomic E-state index is 12.1. The Balaban J connectivity index is 2.18. The van der Waals surface area contributed by atoms with Gasteiger partial charge in [-0.05, 0) is 17.9 Å². The Morgan fingerprint density at radius 2 is 2.04 bits per heavy atom. The van der Waals surface area contributed by atoms with Gasteiger partial charge in [-0.2, -0.15) is 0 Å². The summed E-state index contributed by atoms with van der Waals surface area (Å²) in [5.41, 5.74) is 2.16. The molecule has 0 aliphatic carbocycles. The maximum Gasteiger partial charge on any atom is 0.346 e. The molecule has 1 amide bonds. The lowest BCUT2D eigenvalue weighted by molar-refractivity contribution is -0.116. The van der Waals surface area contributed by atoms with E-state index in [1.165, 1.54) is 11.3 Å². The first kappa shape index (κ1) is 15.7. The molecule has 4 nitrogen and oxygen atoms in total. The van der Waals surface area contributed by atoms with Gasteiger partial charge < -0.3 is 10.4 Å². The lowest BCUT2D eigenvalue weighted by Gasteiger charge is -2.24. The average Bonchev–Trinajstić information content (AvgIpc) is 2.87. The van der Waals surface area contributed by atoms with Gasteiger partial charge in [0.05, 0.1) is 5.69 Å². The van der Waals surface area contributed by atoms with Crippen molar-refractivity contribution in [3.8, 4) is 11.1 Å². The fourth-order valence-corrected chi connectivity index (χ4v) is 4.39. The lowest BCUT2D eigenvalue weighted by Crippen LogP contribution is -2.22. The van der Waals surface area contributed by atoms with Crippen LogP contribution in [0.25, 0.3) is 11.1 Å². The average molecular weight is 329 g/mol. The molecule has 1 aromatic heterocycles. The van der Waals surface area contributed by atoms with Crippen LogP contribution < -0.4 is 5.32 Å². The van der Waals surface area contributed by atoms with Crippen LogP contribution in [0.3, 0.4) is 0 Å². The molecule has 3 rings (SSSR count). The van der Waals surface area contributed by atoms with Gasteiger partial charge in [0.15, 0.2) is 0 Å². The van der Waals surface area contributed by atoms with Gasteiger partial charge in [0.1, 0.15) is 4.88 Å². The van der Waals surface area contributed by atoms with Crippen LogP contribution in [-0.4, -0.2) is 17.0 Å². The fraction of sp³-hybridized carbons (Fsp3) is 0.333. The fourth-order valence-electron chi connectivity index (χ4n) is 3.16. The van der Waals surface area contributed by atoms with E-state index in [1.807, 2.05) is 30.3 Å². The molecule has 1 atom stereocenters. The summed E-state index contributed by atoms with van der Waals surface area (Å²) in [6.07, 6.45) is 1.31. The molecule has 2 heterocycles. The van der Waals surface area contributed by atoms with E-state index >= 15 is 0 Å². The third-order valence-corrected chi connectivity index (χ3v) is 5.36. The Morgan fingerprint density at radius 3 is 2.65 bits per heavy atom. The number of carbonyl (C=O) groups excluding carboxylic acids is 1. The van der Waals surface area contributed by atoms with Gasteiger partial charge in [0.2, 0.25) is 5.91 Å². The number of anilines is 1. The molecule has 1 aliphatic heterocycles. The van der Waals surface area contributed by atoms with Crippen molar-refractivity contribution in [2.75, 3.05) is 5.32 Å². The Kier molecular flexibility index (Phi) is 4.22. The number of amides is 1. The molecule has 120 valence electrons. The van der Waals surface area contributed by atoms with Gasteiger partial charge in [-0.1, -0.05) is 44.2 Å². The van der Waals surface area contributed by atoms with E-state index in [1.54, 1.807) is 0 Å². The van der Waals surface area contributed by atoms with Crippen LogP contribution in [-0.2, 0) is 4.79 Å². The predicted octanol–water partition coefficient (Wildman–Crippen LogP) is 4.59. The van der Waals surface area contributed by atoms with Crippen molar-refractivity contribution < 1.29 is 14.7 Å². The molecule has 0 saturated carbocycles. The second kappa shape index (κ2) is 6.16. The molecule has 0 radical (unpaired) electrons. The van der Waals surface area contributed by atoms with Crippen LogP contribution in [0.1, 0.15) is 47.2 Å². The van der Waals surface area contributed by atoms with Gasteiger partial charge in [-0.15, -0.1) is 11.3 Å². The van der Waals surface area contributed by atoms with Crippen LogP contribution >= 0.6 is 11.3 Å². The standard InChI is InChI=1S/C18H19NO3S/c1-10(2)8-12-9-13(20)19-15-14(11-6-4-3-5-7-11)17(18(21)22)23-16(12)15/h3-7,10,12H,8-9H2,1-2H3,(H,19,20)(H,21,22)/t12-/m0/s1. The maximum absolute atomic E-state index is 12.1. The Hall–Kier alpha value is -2.14. The number of benzene rings is 1. The van der Waals surface area contributed by atoms with E-state index in [-0.39, 0.29) is 11.8 Å². The highest BCUT2D eigenvalue weighted by Gasteiger charge is 2.33. The number of aromatic carboxylic acids is 1. The van der Waals surface area contributed by atoms with Gasteiger partial charge >= 0.3 is 5.97 Å². The first-order valence-electron chi connectivity index (χ1n) is 7.72. The van der Waals surface area contributed by atoms with Crippen molar-refractivity contribution >= 4 is 28.9 Å². The molecular formula is C18H19NO3S. The number of hydrogen-bond acceptors (Lipinski definition) is 3. The van der Waals surface area contributed by atoms with Gasteiger partial charge in [0, 0.05) is 22.8 Å². The first-order chi connectivity index (χ1) is 11.0. The Morgan fingerprint density at radius 1 is 1.35 bits per heavy atom. The summed E-state index contributed by atoms with van der Waals surface area (Å²) < 4.78 is 0. The molecule has 0 unspecified atom stereocenters. The molecule has 2 N–H and O–H groups in total. The van der Waals surface area contributed by atoms with Crippen molar-refractivity contribution in [1.29, 1.82) is 0 Å². The Bertz CT molecular complexity index is 749. The van der Waals surface area contributed by atoms with Crippen LogP contribution in [0.15, 0.2) is 30.3 Å². The molecule has 0 bridgehead atoms. The molecule has 23 heavy (non-hydrogen) atoms. The predicted molar refractivity (Wildman–Crippen MR) is 92.2 cm³/mol. The van der Waals surface area contributed by atoms with E-state index in [0.29, 0.717) is 28.5 Å². The summed E-state index contributed by atoms with van der Waals surface area (Å²) in [5.74, 6) is -0.426. The van der Waals surface area contributed by atoms with Gasteiger partial charge in [0.25, 0.3) is 0 Å². The van der Waals surface area contributed by atoms with Crippen molar-refractivity contribution in [2.24, 2.45) is 5.92 Å². The summed E-state index contributed by atoms with van der Waals surface area (Å²) >= 11 is 1.30. The molecule has 0 spiro atoms. The van der Waals surface area contributed by atoms with Crippen LogP contribution in [0.2, 0.25) is 0 Å². The minimum absolute atomic E-state index is 0.0323. The van der Waals surface area contributed by atoms with Crippen LogP contribution in [0, 0.1) is 5.92 Å². The molecule has 2 aromatic rings. The van der Waals surface area contributed by atoms with E-state index < -0.39 is 5.97 Å². The highest BCUT2D eigenvalue weighted by molar-refractivity contribution is 7.15. The summed E-state index contributed by atoms with van der Waals surface area (Å²) in [4.78, 5) is 25.1. The number of carboxylic acids is 1. The third kappa shape index (κ3) is 3.01. The summed E-state index contributed by atoms with van der Waals surface area (Å²) in [7, 11) is 0. The largest absolute Gasteiger partial charge is 0.477 e. The van der Waals surface area contributed by atoms with E-state index in [2.05, 4.69) is 19.2 Å². The number of rotatable bonds is 4. The van der Waals surface area contributed by atoms with Crippen molar-refractivity contribution in [3.63, 3.8) is 0 Å². The van der Waals surface area contributed by atoms with E-state index in [9.17, 15) is 14.7 Å². The zero-order valence-electron chi connectivity index (χ0n) is 13.1. The number of carboxylic acid groups (broad SMARTS) is 1. The smallest absolute Gasteiger partial charge is 0.346 e. The lowest BCUT2D eigenvalue weighted by atomic mass is 9.88. The summed E-state index contributed by atoms with van der Waals surface area (Å²) in [6.45, 7) is 4.24. The van der Waals surface area contributed by atoms with Crippen LogP contribution in [0.5, 0.6) is 0 Å². The van der Waals surface area contributed by atoms with Crippen molar-refractivity contribution in [3.05, 3.63) is 40.1 Å². The van der Waals surface area contributed by atoms with E-state index in [4.69, 9.17) is 0 Å². The second-order valence-electron chi connectivity index (χ2n) is 6.30. The second-order valence-corrected chi connectivity index (χ2v) is 7.35. The van der Waals surface area contributed by atoms with Crippen LogP contribution in [0.4, 0.5) is 5.69 Å². The third-order valence-electron chi connectivity index (χ3n) is 4.02. The van der Waals surface area contributed by atoms with E-state index in [0.717, 1.165) is 16.9 Å². The zero-order chi connectivity index (χ0) is 16.6. The van der Waals surface area contributed by atoms with Gasteiger partial charge in [-0.3, -0.25) is 4.79 Å². The number of carbonyl (C=O) groups is 2. The molecule has 5 heteroatoms. The van der Waals surface area contributed by atoms with Gasteiger partial charge in [-0.25, -0.2) is 4.79 Å². The number of fused-ring (bicyclic) bond motifs is 1. The monoisotopic (exact) mass is 329 g/mol. The summed E-state index contributed by atoms with van der Waals surface area (Å²) in [5, 5.41) is 12.5. The van der Waals surface area contributed by atoms with Crippen molar-refractivity contribution in [1.82, 2.24) is 0 Å². The number of nitrogens with one attached hydrogen (secondary N) is 1. The quantitative estimate of drug-likeness (QED) is 0.862. The molecular weight excluding hydrogens is 310 g/mol. The molecule has 1 aliphatic rings. The number of thiophene rings is 1. The zero-order valence-corrected chi connectivity index (χ0v) is 13.9. The van der Waals surface area contributed by atoms with Crippen molar-refractivity contribution in [2.45, 2.75) is 32.6 Å². The minimum Gasteiger partial charge on any atom is -0.477 e. The molecule has 0 fully saturated rings. The topological polar surface area (TPSA) is 66.4 Å². The highest BCUT2D eigenvalue weighted by Crippen LogP contribution is 2.48. The number of hydrogen-bond donors (Lipinski definition) is 2. The SMILES string of the molecule is CC(C)C[C@H]1CC(=O)Nc2c1sc(C(=O)O)c2-c1ccccc1. The minimum atomic E-state index is -0.944. The molecule has 0 saturated heterocycles.